The number of alkyl halides is 1. The number of benzene rings is 2. The Labute approximate surface area is 108 Å². The van der Waals surface area contributed by atoms with E-state index in [-0.39, 0.29) is 10.6 Å². The number of rotatable bonds is 2. The molecule has 0 aliphatic carbocycles. The zero-order valence-electron chi connectivity index (χ0n) is 8.90. The predicted octanol–water partition coefficient (Wildman–Crippen LogP) is 4.18. The molecule has 2 rings (SSSR count). The molecule has 0 saturated heterocycles. The van der Waals surface area contributed by atoms with E-state index in [0.29, 0.717) is 11.1 Å². The van der Waals surface area contributed by atoms with Crippen LogP contribution < -0.4 is 0 Å². The second kappa shape index (κ2) is 5.11. The standard InChI is InChI=1S/C14H9BrFN/c15-14(10-4-2-1-3-5-10)13-8-12(16)7-6-11(13)9-17/h1-8,14H. The van der Waals surface area contributed by atoms with Crippen LogP contribution in [0, 0.1) is 17.1 Å². The Kier molecular flexibility index (Phi) is 3.55. The lowest BCUT2D eigenvalue weighted by Crippen LogP contribution is -1.97. The van der Waals surface area contributed by atoms with Crippen molar-refractivity contribution in [2.24, 2.45) is 0 Å². The van der Waals surface area contributed by atoms with Gasteiger partial charge in [-0.1, -0.05) is 46.3 Å². The molecular formula is C14H9BrFN. The van der Waals surface area contributed by atoms with Gasteiger partial charge in [0.05, 0.1) is 16.5 Å². The first kappa shape index (κ1) is 11.8. The Hall–Kier alpha value is -1.66. The Morgan fingerprint density at radius 3 is 2.47 bits per heavy atom. The molecule has 0 aromatic heterocycles. The van der Waals surface area contributed by atoms with Gasteiger partial charge in [0.15, 0.2) is 0 Å². The summed E-state index contributed by atoms with van der Waals surface area (Å²) in [6.45, 7) is 0. The van der Waals surface area contributed by atoms with Crippen LogP contribution in [-0.2, 0) is 0 Å². The third-order valence-corrected chi connectivity index (χ3v) is 3.52. The molecular weight excluding hydrogens is 281 g/mol. The van der Waals surface area contributed by atoms with E-state index in [2.05, 4.69) is 22.0 Å². The minimum absolute atomic E-state index is 0.172. The zero-order chi connectivity index (χ0) is 12.3. The van der Waals surface area contributed by atoms with E-state index in [1.54, 1.807) is 0 Å². The van der Waals surface area contributed by atoms with E-state index in [1.165, 1.54) is 18.2 Å². The largest absolute Gasteiger partial charge is 0.207 e. The van der Waals surface area contributed by atoms with Crippen molar-refractivity contribution < 1.29 is 4.39 Å². The van der Waals surface area contributed by atoms with Crippen molar-refractivity contribution in [3.63, 3.8) is 0 Å². The van der Waals surface area contributed by atoms with Gasteiger partial charge in [0.1, 0.15) is 5.82 Å². The molecule has 0 N–H and O–H groups in total. The van der Waals surface area contributed by atoms with Gasteiger partial charge in [-0.2, -0.15) is 5.26 Å². The van der Waals surface area contributed by atoms with Crippen molar-refractivity contribution in [3.05, 3.63) is 71.0 Å². The maximum atomic E-state index is 13.2. The molecule has 0 spiro atoms. The molecule has 0 saturated carbocycles. The minimum atomic E-state index is -0.334. The molecule has 1 atom stereocenters. The van der Waals surface area contributed by atoms with E-state index >= 15 is 0 Å². The summed E-state index contributed by atoms with van der Waals surface area (Å²) in [5.74, 6) is -0.334. The summed E-state index contributed by atoms with van der Waals surface area (Å²) in [7, 11) is 0. The van der Waals surface area contributed by atoms with Gasteiger partial charge >= 0.3 is 0 Å². The van der Waals surface area contributed by atoms with Gasteiger partial charge in [-0.05, 0) is 29.3 Å². The maximum absolute atomic E-state index is 13.2. The molecule has 0 fully saturated rings. The first-order chi connectivity index (χ1) is 8.22. The molecule has 1 nitrogen and oxygen atoms in total. The average molecular weight is 290 g/mol. The fourth-order valence-corrected chi connectivity index (χ4v) is 2.33. The molecule has 0 heterocycles. The number of hydrogen-bond donors (Lipinski definition) is 0. The van der Waals surface area contributed by atoms with Gasteiger partial charge in [-0.25, -0.2) is 4.39 Å². The first-order valence-electron chi connectivity index (χ1n) is 5.11. The molecule has 3 heteroatoms. The fourth-order valence-electron chi connectivity index (χ4n) is 1.65. The number of nitriles is 1. The lowest BCUT2D eigenvalue weighted by atomic mass is 10.0. The van der Waals surface area contributed by atoms with E-state index in [0.717, 1.165) is 5.56 Å². The van der Waals surface area contributed by atoms with Crippen LogP contribution in [0.5, 0.6) is 0 Å². The second-order valence-electron chi connectivity index (χ2n) is 3.62. The summed E-state index contributed by atoms with van der Waals surface area (Å²) in [5, 5.41) is 9.01. The van der Waals surface area contributed by atoms with Crippen molar-refractivity contribution in [3.8, 4) is 6.07 Å². The smallest absolute Gasteiger partial charge is 0.123 e. The Morgan fingerprint density at radius 2 is 1.82 bits per heavy atom. The summed E-state index contributed by atoms with van der Waals surface area (Å²) in [6.07, 6.45) is 0. The number of hydrogen-bond acceptors (Lipinski definition) is 1. The topological polar surface area (TPSA) is 23.8 Å². The van der Waals surface area contributed by atoms with Crippen molar-refractivity contribution in [2.45, 2.75) is 4.83 Å². The molecule has 17 heavy (non-hydrogen) atoms. The Balaban J connectivity index is 2.47. The molecule has 1 unspecified atom stereocenters. The molecule has 0 aliphatic heterocycles. The van der Waals surface area contributed by atoms with E-state index in [9.17, 15) is 4.39 Å². The molecule has 0 bridgehead atoms. The lowest BCUT2D eigenvalue weighted by Gasteiger charge is -2.12. The molecule has 0 amide bonds. The van der Waals surface area contributed by atoms with Crippen LogP contribution in [0.2, 0.25) is 0 Å². The summed E-state index contributed by atoms with van der Waals surface area (Å²) in [5.41, 5.74) is 2.13. The lowest BCUT2D eigenvalue weighted by molar-refractivity contribution is 0.625. The van der Waals surface area contributed by atoms with Gasteiger partial charge in [0.2, 0.25) is 0 Å². The quantitative estimate of drug-likeness (QED) is 0.761. The van der Waals surface area contributed by atoms with E-state index in [4.69, 9.17) is 5.26 Å². The average Bonchev–Trinajstić information content (AvgIpc) is 2.39. The Morgan fingerprint density at radius 1 is 1.12 bits per heavy atom. The van der Waals surface area contributed by atoms with Crippen LogP contribution in [0.4, 0.5) is 4.39 Å². The van der Waals surface area contributed by atoms with Crippen molar-refractivity contribution in [2.75, 3.05) is 0 Å². The fraction of sp³-hybridized carbons (Fsp3) is 0.0714. The van der Waals surface area contributed by atoms with Crippen LogP contribution >= 0.6 is 15.9 Å². The maximum Gasteiger partial charge on any atom is 0.123 e. The highest BCUT2D eigenvalue weighted by atomic mass is 79.9. The van der Waals surface area contributed by atoms with Crippen LogP contribution in [0.25, 0.3) is 0 Å². The first-order valence-corrected chi connectivity index (χ1v) is 6.02. The van der Waals surface area contributed by atoms with Crippen LogP contribution in [0.1, 0.15) is 21.5 Å². The van der Waals surface area contributed by atoms with Crippen molar-refractivity contribution in [1.82, 2.24) is 0 Å². The van der Waals surface area contributed by atoms with Gasteiger partial charge in [-0.15, -0.1) is 0 Å². The van der Waals surface area contributed by atoms with Crippen molar-refractivity contribution in [1.29, 1.82) is 5.26 Å². The van der Waals surface area contributed by atoms with Gasteiger partial charge in [0, 0.05) is 0 Å². The van der Waals surface area contributed by atoms with Crippen LogP contribution in [0.3, 0.4) is 0 Å². The summed E-state index contributed by atoms with van der Waals surface area (Å²) in [6, 6.07) is 15.9. The highest BCUT2D eigenvalue weighted by Crippen LogP contribution is 2.32. The SMILES string of the molecule is N#Cc1ccc(F)cc1C(Br)c1ccccc1. The van der Waals surface area contributed by atoms with E-state index in [1.807, 2.05) is 30.3 Å². The summed E-state index contributed by atoms with van der Waals surface area (Å²) < 4.78 is 13.2. The van der Waals surface area contributed by atoms with E-state index < -0.39 is 0 Å². The number of nitrogens with zero attached hydrogens (tertiary/aromatic N) is 1. The second-order valence-corrected chi connectivity index (χ2v) is 4.53. The van der Waals surface area contributed by atoms with Crippen LogP contribution in [0.15, 0.2) is 48.5 Å². The molecule has 84 valence electrons. The van der Waals surface area contributed by atoms with Crippen molar-refractivity contribution >= 4 is 15.9 Å². The van der Waals surface area contributed by atoms with Crippen LogP contribution in [-0.4, -0.2) is 0 Å². The summed E-state index contributed by atoms with van der Waals surface area (Å²) in [4.78, 5) is -0.172. The predicted molar refractivity (Wildman–Crippen MR) is 68.3 cm³/mol. The molecule has 0 radical (unpaired) electrons. The van der Waals surface area contributed by atoms with Gasteiger partial charge in [0.25, 0.3) is 0 Å². The molecule has 0 aliphatic rings. The third-order valence-electron chi connectivity index (χ3n) is 2.50. The summed E-state index contributed by atoms with van der Waals surface area (Å²) >= 11 is 3.50. The molecule has 2 aromatic rings. The normalized spacial score (nSPS) is 11.8. The minimum Gasteiger partial charge on any atom is -0.207 e. The van der Waals surface area contributed by atoms with Gasteiger partial charge in [-0.3, -0.25) is 0 Å². The highest BCUT2D eigenvalue weighted by molar-refractivity contribution is 9.09. The third kappa shape index (κ3) is 2.54. The molecule has 2 aromatic carbocycles. The van der Waals surface area contributed by atoms with Gasteiger partial charge < -0.3 is 0 Å². The Bertz CT molecular complexity index is 560. The zero-order valence-corrected chi connectivity index (χ0v) is 10.5. The highest BCUT2D eigenvalue weighted by Gasteiger charge is 2.14. The monoisotopic (exact) mass is 289 g/mol. The number of halogens is 2.